The number of carboxylic acids is 1. The number of nitrogens with one attached hydrogen (secondary N) is 1. The van der Waals surface area contributed by atoms with Gasteiger partial charge in [-0.1, -0.05) is 0 Å². The summed E-state index contributed by atoms with van der Waals surface area (Å²) in [6.07, 6.45) is 3.22. The van der Waals surface area contributed by atoms with Gasteiger partial charge in [0.05, 0.1) is 6.54 Å². The van der Waals surface area contributed by atoms with Gasteiger partial charge in [0.2, 0.25) is 0 Å². The molecule has 1 aliphatic rings. The molecule has 1 saturated heterocycles. The Bertz CT molecular complexity index is 407. The van der Waals surface area contributed by atoms with Crippen LogP contribution in [-0.4, -0.2) is 39.6 Å². The second-order valence-corrected chi connectivity index (χ2v) is 3.52. The number of hydrogen-bond acceptors (Lipinski definition) is 3. The van der Waals surface area contributed by atoms with Crippen LogP contribution < -0.4 is 5.32 Å². The van der Waals surface area contributed by atoms with Crippen molar-refractivity contribution in [2.75, 3.05) is 6.54 Å². The lowest BCUT2D eigenvalue weighted by Gasteiger charge is -2.19. The van der Waals surface area contributed by atoms with E-state index in [1.807, 2.05) is 0 Å². The van der Waals surface area contributed by atoms with Crippen molar-refractivity contribution in [1.82, 2.24) is 15.2 Å². The molecule has 1 atom stereocenters. The number of carbonyl (C=O) groups is 2. The second-order valence-electron chi connectivity index (χ2n) is 3.52. The number of carboxylic acid groups (broad SMARTS) is 1. The fourth-order valence-corrected chi connectivity index (χ4v) is 1.62. The molecular formula is C10H11N3O3. The molecule has 0 aromatic carbocycles. The molecule has 2 heterocycles. The summed E-state index contributed by atoms with van der Waals surface area (Å²) >= 11 is 0. The zero-order valence-electron chi connectivity index (χ0n) is 8.46. The molecule has 1 aromatic rings. The van der Waals surface area contributed by atoms with Gasteiger partial charge in [-0.2, -0.15) is 0 Å². The van der Waals surface area contributed by atoms with Crippen LogP contribution in [0.1, 0.15) is 5.56 Å². The number of urea groups is 1. The van der Waals surface area contributed by atoms with Gasteiger partial charge < -0.3 is 15.3 Å². The molecule has 0 bridgehead atoms. The smallest absolute Gasteiger partial charge is 0.328 e. The van der Waals surface area contributed by atoms with Gasteiger partial charge in [-0.25, -0.2) is 9.59 Å². The van der Waals surface area contributed by atoms with Crippen molar-refractivity contribution < 1.29 is 14.7 Å². The molecule has 2 rings (SSSR count). The van der Waals surface area contributed by atoms with Crippen molar-refractivity contribution in [2.45, 2.75) is 12.6 Å². The number of pyridine rings is 1. The first kappa shape index (κ1) is 10.4. The fourth-order valence-electron chi connectivity index (χ4n) is 1.62. The SMILES string of the molecule is O=C(O)C1CNC(=O)N1Cc1ccncc1. The summed E-state index contributed by atoms with van der Waals surface area (Å²) in [6.45, 7) is 0.435. The summed E-state index contributed by atoms with van der Waals surface area (Å²) < 4.78 is 0. The van der Waals surface area contributed by atoms with Gasteiger partial charge in [0.25, 0.3) is 0 Å². The first-order chi connectivity index (χ1) is 7.68. The van der Waals surface area contributed by atoms with E-state index in [4.69, 9.17) is 5.11 Å². The Kier molecular flexibility index (Phi) is 2.72. The summed E-state index contributed by atoms with van der Waals surface area (Å²) in [4.78, 5) is 27.5. The van der Waals surface area contributed by atoms with E-state index < -0.39 is 12.0 Å². The maximum Gasteiger partial charge on any atom is 0.328 e. The van der Waals surface area contributed by atoms with Gasteiger partial charge in [-0.05, 0) is 17.7 Å². The van der Waals surface area contributed by atoms with Crippen LogP contribution in [0.15, 0.2) is 24.5 Å². The van der Waals surface area contributed by atoms with Gasteiger partial charge >= 0.3 is 12.0 Å². The zero-order chi connectivity index (χ0) is 11.5. The fraction of sp³-hybridized carbons (Fsp3) is 0.300. The topological polar surface area (TPSA) is 82.5 Å². The maximum absolute atomic E-state index is 11.4. The minimum absolute atomic E-state index is 0.152. The van der Waals surface area contributed by atoms with Crippen LogP contribution in [0.2, 0.25) is 0 Å². The van der Waals surface area contributed by atoms with E-state index in [2.05, 4.69) is 10.3 Å². The average molecular weight is 221 g/mol. The van der Waals surface area contributed by atoms with Crippen LogP contribution in [0.3, 0.4) is 0 Å². The summed E-state index contributed by atoms with van der Waals surface area (Å²) in [6, 6.07) is 2.37. The predicted octanol–water partition coefficient (Wildman–Crippen LogP) is 0.0600. The third-order valence-corrected chi connectivity index (χ3v) is 2.47. The number of carbonyl (C=O) groups excluding carboxylic acids is 1. The molecule has 2 amide bonds. The van der Waals surface area contributed by atoms with Crippen molar-refractivity contribution in [3.8, 4) is 0 Å². The molecule has 0 radical (unpaired) electrons. The Hall–Kier alpha value is -2.11. The van der Waals surface area contributed by atoms with Crippen LogP contribution in [-0.2, 0) is 11.3 Å². The quantitative estimate of drug-likeness (QED) is 0.756. The minimum atomic E-state index is -0.993. The molecule has 16 heavy (non-hydrogen) atoms. The molecule has 0 aliphatic carbocycles. The van der Waals surface area contributed by atoms with E-state index >= 15 is 0 Å². The van der Waals surface area contributed by atoms with E-state index in [0.717, 1.165) is 5.56 Å². The monoisotopic (exact) mass is 221 g/mol. The van der Waals surface area contributed by atoms with Crippen molar-refractivity contribution >= 4 is 12.0 Å². The Morgan fingerprint density at radius 1 is 1.56 bits per heavy atom. The molecule has 0 saturated carbocycles. The van der Waals surface area contributed by atoms with E-state index in [1.54, 1.807) is 24.5 Å². The lowest BCUT2D eigenvalue weighted by molar-refractivity contribution is -0.141. The highest BCUT2D eigenvalue weighted by atomic mass is 16.4. The highest BCUT2D eigenvalue weighted by Gasteiger charge is 2.35. The number of nitrogens with zero attached hydrogens (tertiary/aromatic N) is 2. The first-order valence-electron chi connectivity index (χ1n) is 4.84. The third kappa shape index (κ3) is 1.95. The van der Waals surface area contributed by atoms with E-state index in [1.165, 1.54) is 4.90 Å². The maximum atomic E-state index is 11.4. The number of aromatic nitrogens is 1. The number of amides is 2. The highest BCUT2D eigenvalue weighted by Crippen LogP contribution is 2.12. The van der Waals surface area contributed by atoms with Crippen molar-refractivity contribution in [3.63, 3.8) is 0 Å². The molecule has 1 unspecified atom stereocenters. The minimum Gasteiger partial charge on any atom is -0.480 e. The van der Waals surface area contributed by atoms with Gasteiger partial charge in [-0.15, -0.1) is 0 Å². The summed E-state index contributed by atoms with van der Waals surface area (Å²) in [7, 11) is 0. The molecule has 6 heteroatoms. The summed E-state index contributed by atoms with van der Waals surface area (Å²) in [5.41, 5.74) is 0.860. The summed E-state index contributed by atoms with van der Waals surface area (Å²) in [5, 5.41) is 11.4. The molecule has 1 aromatic heterocycles. The molecule has 2 N–H and O–H groups in total. The number of aliphatic carboxylic acids is 1. The summed E-state index contributed by atoms with van der Waals surface area (Å²) in [5.74, 6) is -0.993. The molecule has 6 nitrogen and oxygen atoms in total. The predicted molar refractivity (Wildman–Crippen MR) is 54.6 cm³/mol. The van der Waals surface area contributed by atoms with Crippen molar-refractivity contribution in [2.24, 2.45) is 0 Å². The average Bonchev–Trinajstić information content (AvgIpc) is 2.62. The van der Waals surface area contributed by atoms with Gasteiger partial charge in [0.1, 0.15) is 6.04 Å². The molecular weight excluding hydrogens is 210 g/mol. The van der Waals surface area contributed by atoms with Gasteiger partial charge in [-0.3, -0.25) is 4.98 Å². The van der Waals surface area contributed by atoms with Crippen LogP contribution >= 0.6 is 0 Å². The lowest BCUT2D eigenvalue weighted by atomic mass is 10.2. The molecule has 1 aliphatic heterocycles. The number of rotatable bonds is 3. The Labute approximate surface area is 91.9 Å². The van der Waals surface area contributed by atoms with Crippen LogP contribution in [0.5, 0.6) is 0 Å². The van der Waals surface area contributed by atoms with Gasteiger partial charge in [0.15, 0.2) is 0 Å². The van der Waals surface area contributed by atoms with E-state index in [0.29, 0.717) is 0 Å². The first-order valence-corrected chi connectivity index (χ1v) is 4.84. The third-order valence-electron chi connectivity index (χ3n) is 2.47. The Balaban J connectivity index is 2.13. The second kappa shape index (κ2) is 4.18. The zero-order valence-corrected chi connectivity index (χ0v) is 8.46. The van der Waals surface area contributed by atoms with Crippen LogP contribution in [0.25, 0.3) is 0 Å². The molecule has 0 spiro atoms. The van der Waals surface area contributed by atoms with Crippen molar-refractivity contribution in [3.05, 3.63) is 30.1 Å². The van der Waals surface area contributed by atoms with E-state index in [-0.39, 0.29) is 19.1 Å². The van der Waals surface area contributed by atoms with Gasteiger partial charge in [0, 0.05) is 18.9 Å². The lowest BCUT2D eigenvalue weighted by Crippen LogP contribution is -2.38. The molecule has 84 valence electrons. The Morgan fingerprint density at radius 2 is 2.25 bits per heavy atom. The van der Waals surface area contributed by atoms with Crippen LogP contribution in [0, 0.1) is 0 Å². The normalized spacial score (nSPS) is 19.6. The number of hydrogen-bond donors (Lipinski definition) is 2. The van der Waals surface area contributed by atoms with E-state index in [9.17, 15) is 9.59 Å². The standard InChI is InChI=1S/C10H11N3O3/c14-9(15)8-5-12-10(16)13(8)6-7-1-3-11-4-2-7/h1-4,8H,5-6H2,(H,12,16)(H,14,15). The van der Waals surface area contributed by atoms with Crippen LogP contribution in [0.4, 0.5) is 4.79 Å². The van der Waals surface area contributed by atoms with Crippen molar-refractivity contribution in [1.29, 1.82) is 0 Å². The largest absolute Gasteiger partial charge is 0.480 e. The highest BCUT2D eigenvalue weighted by molar-refractivity contribution is 5.86. The Morgan fingerprint density at radius 3 is 2.88 bits per heavy atom. The molecule has 1 fully saturated rings.